The predicted octanol–water partition coefficient (Wildman–Crippen LogP) is 1.76. The normalized spacial score (nSPS) is 16.6. The third-order valence-corrected chi connectivity index (χ3v) is 2.70. The lowest BCUT2D eigenvalue weighted by Gasteiger charge is -1.99. The van der Waals surface area contributed by atoms with Gasteiger partial charge >= 0.3 is 0 Å². The molecule has 0 saturated heterocycles. The minimum Gasteiger partial charge on any atom is -0.475 e. The standard InChI is InChI=1S/C10H10N4O.C3H8N4O/c11-14-12-6-9-7-15-10(13-9)8-4-2-1-3-5-8;4-3(2-8)1-6-7-5/h1-5,9H,6-7H2;3,8H,1-2,4H2/t;3-/m.1/s1. The smallest absolute Gasteiger partial charge is 0.216 e. The summed E-state index contributed by atoms with van der Waals surface area (Å²) in [4.78, 5) is 9.48. The van der Waals surface area contributed by atoms with Gasteiger partial charge in [0.05, 0.1) is 19.2 Å². The minimum atomic E-state index is -0.411. The van der Waals surface area contributed by atoms with Crippen molar-refractivity contribution < 1.29 is 9.84 Å². The Morgan fingerprint density at radius 1 is 1.30 bits per heavy atom. The maximum absolute atomic E-state index is 8.25. The molecular formula is C13H18N8O2. The molecule has 1 aliphatic rings. The first-order valence-corrected chi connectivity index (χ1v) is 6.85. The molecule has 0 saturated carbocycles. The molecule has 1 unspecified atom stereocenters. The lowest BCUT2D eigenvalue weighted by Crippen LogP contribution is -2.27. The molecule has 1 aromatic carbocycles. The maximum atomic E-state index is 8.25. The first kappa shape index (κ1) is 18.3. The van der Waals surface area contributed by atoms with E-state index in [1.54, 1.807) is 0 Å². The van der Waals surface area contributed by atoms with Crippen molar-refractivity contribution in [3.05, 3.63) is 56.8 Å². The highest BCUT2D eigenvalue weighted by atomic mass is 16.5. The number of aliphatic hydroxyl groups excluding tert-OH is 1. The number of aliphatic hydroxyl groups is 1. The Morgan fingerprint density at radius 3 is 2.61 bits per heavy atom. The molecule has 3 N–H and O–H groups in total. The lowest BCUT2D eigenvalue weighted by atomic mass is 10.2. The summed E-state index contributed by atoms with van der Waals surface area (Å²) in [5.41, 5.74) is 22.0. The molecule has 0 aliphatic carbocycles. The van der Waals surface area contributed by atoms with E-state index < -0.39 is 6.04 Å². The molecule has 0 spiro atoms. The largest absolute Gasteiger partial charge is 0.475 e. The molecule has 1 aromatic rings. The van der Waals surface area contributed by atoms with Crippen LogP contribution in [0.15, 0.2) is 45.6 Å². The van der Waals surface area contributed by atoms with Crippen LogP contribution < -0.4 is 5.73 Å². The number of rotatable bonds is 6. The van der Waals surface area contributed by atoms with E-state index in [-0.39, 0.29) is 19.2 Å². The quantitative estimate of drug-likeness (QED) is 0.464. The van der Waals surface area contributed by atoms with Crippen LogP contribution in [0, 0.1) is 0 Å². The highest BCUT2D eigenvalue weighted by Gasteiger charge is 2.18. The Labute approximate surface area is 132 Å². The molecule has 1 heterocycles. The van der Waals surface area contributed by atoms with Crippen molar-refractivity contribution in [1.29, 1.82) is 0 Å². The van der Waals surface area contributed by atoms with Gasteiger partial charge in [0, 0.05) is 28.0 Å². The second-order valence-electron chi connectivity index (χ2n) is 4.53. The van der Waals surface area contributed by atoms with Gasteiger partial charge in [-0.2, -0.15) is 0 Å². The average molecular weight is 318 g/mol. The Kier molecular flexibility index (Phi) is 8.65. The number of ether oxygens (including phenoxy) is 1. The number of benzene rings is 1. The number of hydrogen-bond donors (Lipinski definition) is 2. The Bertz CT molecular complexity index is 593. The zero-order chi connectivity index (χ0) is 16.9. The molecule has 10 heteroatoms. The van der Waals surface area contributed by atoms with E-state index in [1.807, 2.05) is 30.3 Å². The van der Waals surface area contributed by atoms with Crippen LogP contribution in [-0.4, -0.2) is 49.4 Å². The van der Waals surface area contributed by atoms with E-state index in [2.05, 4.69) is 25.0 Å². The zero-order valence-corrected chi connectivity index (χ0v) is 12.4. The van der Waals surface area contributed by atoms with Gasteiger partial charge in [-0.25, -0.2) is 4.99 Å². The number of hydrogen-bond acceptors (Lipinski definition) is 6. The molecule has 0 bridgehead atoms. The number of nitrogens with zero attached hydrogens (tertiary/aromatic N) is 7. The first-order chi connectivity index (χ1) is 11.2. The van der Waals surface area contributed by atoms with Crippen LogP contribution in [0.1, 0.15) is 5.56 Å². The summed E-state index contributed by atoms with van der Waals surface area (Å²) in [5.74, 6) is 0.633. The fourth-order valence-electron chi connectivity index (χ4n) is 1.58. The van der Waals surface area contributed by atoms with Gasteiger partial charge in [0.1, 0.15) is 6.61 Å². The molecule has 122 valence electrons. The molecule has 1 aliphatic heterocycles. The van der Waals surface area contributed by atoms with Crippen molar-refractivity contribution >= 4 is 5.90 Å². The summed E-state index contributed by atoms with van der Waals surface area (Å²) in [5, 5.41) is 14.9. The second-order valence-corrected chi connectivity index (χ2v) is 4.53. The predicted molar refractivity (Wildman–Crippen MR) is 85.8 cm³/mol. The molecule has 0 fully saturated rings. The van der Waals surface area contributed by atoms with Crippen LogP contribution in [0.4, 0.5) is 0 Å². The lowest BCUT2D eigenvalue weighted by molar-refractivity contribution is 0.268. The van der Waals surface area contributed by atoms with E-state index >= 15 is 0 Å². The van der Waals surface area contributed by atoms with Crippen molar-refractivity contribution in [2.45, 2.75) is 12.1 Å². The van der Waals surface area contributed by atoms with Gasteiger partial charge in [-0.3, -0.25) is 0 Å². The fourth-order valence-corrected chi connectivity index (χ4v) is 1.58. The zero-order valence-electron chi connectivity index (χ0n) is 12.4. The van der Waals surface area contributed by atoms with Crippen LogP contribution in [0.25, 0.3) is 20.9 Å². The Morgan fingerprint density at radius 2 is 2.00 bits per heavy atom. The maximum Gasteiger partial charge on any atom is 0.216 e. The van der Waals surface area contributed by atoms with E-state index in [0.717, 1.165) is 5.56 Å². The van der Waals surface area contributed by atoms with Gasteiger partial charge < -0.3 is 15.6 Å². The van der Waals surface area contributed by atoms with E-state index in [9.17, 15) is 0 Å². The van der Waals surface area contributed by atoms with Crippen molar-refractivity contribution in [2.24, 2.45) is 21.0 Å². The second kappa shape index (κ2) is 10.9. The van der Waals surface area contributed by atoms with Crippen LogP contribution >= 0.6 is 0 Å². The summed E-state index contributed by atoms with van der Waals surface area (Å²) >= 11 is 0. The van der Waals surface area contributed by atoms with Crippen molar-refractivity contribution in [1.82, 2.24) is 0 Å². The van der Waals surface area contributed by atoms with Gasteiger partial charge in [0.15, 0.2) is 0 Å². The number of nitrogens with two attached hydrogens (primary N) is 1. The molecule has 2 atom stereocenters. The average Bonchev–Trinajstić information content (AvgIpc) is 3.08. The van der Waals surface area contributed by atoms with Crippen molar-refractivity contribution in [3.8, 4) is 0 Å². The summed E-state index contributed by atoms with van der Waals surface area (Å²) in [6.07, 6.45) is 0. The number of azide groups is 2. The fraction of sp³-hybridized carbons (Fsp3) is 0.462. The van der Waals surface area contributed by atoms with Gasteiger partial charge in [-0.15, -0.1) is 0 Å². The van der Waals surface area contributed by atoms with E-state index in [0.29, 0.717) is 19.0 Å². The van der Waals surface area contributed by atoms with E-state index in [1.165, 1.54) is 0 Å². The highest BCUT2D eigenvalue weighted by molar-refractivity contribution is 5.95. The summed E-state index contributed by atoms with van der Waals surface area (Å²) in [6, 6.07) is 9.23. The molecule has 23 heavy (non-hydrogen) atoms. The Hall–Kier alpha value is -2.77. The van der Waals surface area contributed by atoms with Crippen LogP contribution in [-0.2, 0) is 4.74 Å². The van der Waals surface area contributed by atoms with Crippen molar-refractivity contribution in [3.63, 3.8) is 0 Å². The molecule has 2 rings (SSSR count). The molecule has 0 aromatic heterocycles. The highest BCUT2D eigenvalue weighted by Crippen LogP contribution is 2.11. The van der Waals surface area contributed by atoms with Crippen molar-refractivity contribution in [2.75, 3.05) is 26.3 Å². The molecular weight excluding hydrogens is 300 g/mol. The Balaban J connectivity index is 0.000000284. The topological polar surface area (TPSA) is 165 Å². The van der Waals surface area contributed by atoms with Gasteiger partial charge in [-0.05, 0) is 23.2 Å². The summed E-state index contributed by atoms with van der Waals surface area (Å²) in [7, 11) is 0. The summed E-state index contributed by atoms with van der Waals surface area (Å²) in [6.45, 7) is 0.863. The van der Waals surface area contributed by atoms with Gasteiger partial charge in [0.2, 0.25) is 5.90 Å². The minimum absolute atomic E-state index is 0.0453. The number of aliphatic imine (C=N–C) groups is 1. The van der Waals surface area contributed by atoms with Crippen LogP contribution in [0.5, 0.6) is 0 Å². The summed E-state index contributed by atoms with van der Waals surface area (Å²) < 4.78 is 5.42. The van der Waals surface area contributed by atoms with Gasteiger partial charge in [-0.1, -0.05) is 28.4 Å². The van der Waals surface area contributed by atoms with Crippen LogP contribution in [0.2, 0.25) is 0 Å². The monoisotopic (exact) mass is 318 g/mol. The molecule has 10 nitrogen and oxygen atoms in total. The first-order valence-electron chi connectivity index (χ1n) is 6.85. The van der Waals surface area contributed by atoms with Gasteiger partial charge in [0.25, 0.3) is 0 Å². The molecule has 0 radical (unpaired) electrons. The van der Waals surface area contributed by atoms with E-state index in [4.69, 9.17) is 26.6 Å². The SMILES string of the molecule is [N-]=[N+]=NCC1COC(c2ccccc2)=N1.[N-]=[N+]=NC[C@@H](N)CO. The third kappa shape index (κ3) is 7.16. The molecule has 0 amide bonds. The third-order valence-electron chi connectivity index (χ3n) is 2.70. The van der Waals surface area contributed by atoms with Crippen LogP contribution in [0.3, 0.4) is 0 Å².